The van der Waals surface area contributed by atoms with Gasteiger partial charge in [0.25, 0.3) is 0 Å². The van der Waals surface area contributed by atoms with E-state index in [9.17, 15) is 4.79 Å². The first kappa shape index (κ1) is 6.72. The second-order valence-electron chi connectivity index (χ2n) is 1.22. The van der Waals surface area contributed by atoms with E-state index in [4.69, 9.17) is 0 Å². The van der Waals surface area contributed by atoms with E-state index in [1.807, 2.05) is 0 Å². The van der Waals surface area contributed by atoms with Crippen molar-refractivity contribution in [1.29, 1.82) is 0 Å². The Kier molecular flexibility index (Phi) is 2.71. The van der Waals surface area contributed by atoms with E-state index in [0.29, 0.717) is 6.42 Å². The van der Waals surface area contributed by atoms with Crippen LogP contribution in [0, 0.1) is 0 Å². The molecule has 1 aliphatic rings. The highest BCUT2D eigenvalue weighted by Gasteiger charge is 2.04. The van der Waals surface area contributed by atoms with Gasteiger partial charge < -0.3 is 12.4 Å². The van der Waals surface area contributed by atoms with Crippen LogP contribution in [0.3, 0.4) is 0 Å². The van der Waals surface area contributed by atoms with Crippen molar-refractivity contribution in [2.75, 3.05) is 6.54 Å². The van der Waals surface area contributed by atoms with Crippen LogP contribution in [-0.2, 0) is 4.79 Å². The predicted octanol–water partition coefficient (Wildman–Crippen LogP) is -3.87. The second-order valence-corrected chi connectivity index (χ2v) is 1.22. The van der Waals surface area contributed by atoms with Gasteiger partial charge in [0.1, 0.15) is 0 Å². The van der Waals surface area contributed by atoms with Gasteiger partial charge in [-0.15, -0.1) is 0 Å². The average Bonchev–Trinajstić information content (AvgIpc) is 1.86. The Morgan fingerprint density at radius 2 is 2.43 bits per heavy atom. The second kappa shape index (κ2) is 2.82. The van der Waals surface area contributed by atoms with Crippen molar-refractivity contribution >= 4 is 5.91 Å². The van der Waals surface area contributed by atoms with E-state index in [2.05, 4.69) is 10.9 Å². The lowest BCUT2D eigenvalue weighted by Gasteiger charge is -1.83. The standard InChI is InChI=1S/C3H6N2O.ClH/c6-3-1-2-4-5-3;/h4H,1-2H2,(H,5,6);1H. The van der Waals surface area contributed by atoms with Gasteiger partial charge in [0.05, 0.1) is 0 Å². The Morgan fingerprint density at radius 3 is 2.57 bits per heavy atom. The maximum atomic E-state index is 10.1. The molecule has 7 heavy (non-hydrogen) atoms. The van der Waals surface area contributed by atoms with Gasteiger partial charge in [0, 0.05) is 13.0 Å². The SMILES string of the molecule is O=C1CCNN1.[Cl-].[H+]. The van der Waals surface area contributed by atoms with Gasteiger partial charge in [-0.05, 0) is 0 Å². The molecule has 0 aromatic rings. The third-order valence-electron chi connectivity index (χ3n) is 0.705. The molecule has 0 bridgehead atoms. The van der Waals surface area contributed by atoms with Crippen molar-refractivity contribution in [3.05, 3.63) is 0 Å². The summed E-state index contributed by atoms with van der Waals surface area (Å²) in [4.78, 5) is 10.1. The predicted molar refractivity (Wildman–Crippen MR) is 21.9 cm³/mol. The van der Waals surface area contributed by atoms with Crippen molar-refractivity contribution in [2.24, 2.45) is 0 Å². The highest BCUT2D eigenvalue weighted by molar-refractivity contribution is 5.77. The molecule has 1 amide bonds. The number of amides is 1. The topological polar surface area (TPSA) is 41.1 Å². The first-order valence-electron chi connectivity index (χ1n) is 1.91. The molecule has 0 aliphatic carbocycles. The fourth-order valence-corrected chi connectivity index (χ4v) is 0.400. The fourth-order valence-electron chi connectivity index (χ4n) is 0.400. The molecule has 0 atom stereocenters. The third kappa shape index (κ3) is 1.75. The van der Waals surface area contributed by atoms with Gasteiger partial charge >= 0.3 is 1.43 Å². The normalized spacial score (nSPS) is 18.0. The molecule has 1 fully saturated rings. The Hall–Kier alpha value is -0.280. The summed E-state index contributed by atoms with van der Waals surface area (Å²) in [6.07, 6.45) is 0.625. The maximum absolute atomic E-state index is 10.1. The van der Waals surface area contributed by atoms with E-state index in [0.717, 1.165) is 6.54 Å². The number of nitrogens with one attached hydrogen (secondary N) is 2. The Labute approximate surface area is 49.3 Å². The highest BCUT2D eigenvalue weighted by Crippen LogP contribution is 1.79. The fraction of sp³-hybridized carbons (Fsp3) is 0.667. The van der Waals surface area contributed by atoms with Gasteiger partial charge in [0.15, 0.2) is 0 Å². The van der Waals surface area contributed by atoms with Crippen LogP contribution in [0.15, 0.2) is 0 Å². The molecule has 42 valence electrons. The van der Waals surface area contributed by atoms with E-state index >= 15 is 0 Å². The van der Waals surface area contributed by atoms with Crippen LogP contribution < -0.4 is 23.3 Å². The van der Waals surface area contributed by atoms with Crippen molar-refractivity contribution < 1.29 is 18.6 Å². The number of halogens is 1. The van der Waals surface area contributed by atoms with Crippen LogP contribution in [0.25, 0.3) is 0 Å². The molecule has 1 aliphatic heterocycles. The van der Waals surface area contributed by atoms with Crippen molar-refractivity contribution in [3.8, 4) is 0 Å². The zero-order chi connectivity index (χ0) is 4.41. The van der Waals surface area contributed by atoms with Crippen LogP contribution in [0.5, 0.6) is 0 Å². The molecule has 3 nitrogen and oxygen atoms in total. The summed E-state index contributed by atoms with van der Waals surface area (Å²) in [5, 5.41) is 0. The van der Waals surface area contributed by atoms with E-state index in [1.54, 1.807) is 0 Å². The monoisotopic (exact) mass is 122 g/mol. The molecule has 1 saturated heterocycles. The lowest BCUT2D eigenvalue weighted by molar-refractivity contribution is -0.119. The third-order valence-corrected chi connectivity index (χ3v) is 0.705. The zero-order valence-electron chi connectivity index (χ0n) is 4.70. The number of carbonyl (C=O) groups excluding carboxylic acids is 1. The molecule has 0 saturated carbocycles. The van der Waals surface area contributed by atoms with Gasteiger partial charge in [-0.25, -0.2) is 5.43 Å². The minimum absolute atomic E-state index is 0. The van der Waals surface area contributed by atoms with Crippen LogP contribution in [0.1, 0.15) is 7.85 Å². The minimum Gasteiger partial charge on any atom is -1.00 e. The number of carbonyl (C=O) groups is 1. The molecule has 1 heterocycles. The average molecular weight is 123 g/mol. The van der Waals surface area contributed by atoms with Crippen LogP contribution in [0.4, 0.5) is 0 Å². The molecule has 4 heteroatoms. The molecule has 0 spiro atoms. The van der Waals surface area contributed by atoms with Crippen LogP contribution in [0.2, 0.25) is 0 Å². The van der Waals surface area contributed by atoms with Gasteiger partial charge in [0.2, 0.25) is 5.91 Å². The lowest BCUT2D eigenvalue weighted by Crippen LogP contribution is -3.00. The molecule has 0 aromatic carbocycles. The summed E-state index contributed by atoms with van der Waals surface area (Å²) in [5.74, 6) is 0.0926. The van der Waals surface area contributed by atoms with Crippen molar-refractivity contribution in [1.82, 2.24) is 10.9 Å². The summed E-state index contributed by atoms with van der Waals surface area (Å²) in [6.45, 7) is 0.777. The number of hydrogen-bond acceptors (Lipinski definition) is 2. The molecular weight excluding hydrogens is 115 g/mol. The van der Waals surface area contributed by atoms with Crippen LogP contribution in [-0.4, -0.2) is 12.5 Å². The number of hydrazine groups is 1. The maximum Gasteiger partial charge on any atom is 1.00 e. The van der Waals surface area contributed by atoms with Gasteiger partial charge in [-0.1, -0.05) is 0 Å². The summed E-state index contributed by atoms with van der Waals surface area (Å²) >= 11 is 0. The van der Waals surface area contributed by atoms with Gasteiger partial charge in [-0.2, -0.15) is 0 Å². The van der Waals surface area contributed by atoms with E-state index in [1.165, 1.54) is 0 Å². The quantitative estimate of drug-likeness (QED) is 0.345. The molecule has 1 rings (SSSR count). The highest BCUT2D eigenvalue weighted by atomic mass is 35.5. The summed E-state index contributed by atoms with van der Waals surface area (Å²) in [7, 11) is 0. The van der Waals surface area contributed by atoms with Crippen molar-refractivity contribution in [2.45, 2.75) is 6.42 Å². The van der Waals surface area contributed by atoms with Gasteiger partial charge in [-0.3, -0.25) is 10.2 Å². The lowest BCUT2D eigenvalue weighted by atomic mass is 10.5. The summed E-state index contributed by atoms with van der Waals surface area (Å²) in [5.41, 5.74) is 5.10. The molecule has 0 aromatic heterocycles. The molecule has 2 N–H and O–H groups in total. The first-order chi connectivity index (χ1) is 2.89. The Balaban J connectivity index is 0. The molecule has 0 radical (unpaired) electrons. The summed E-state index contributed by atoms with van der Waals surface area (Å²) < 4.78 is 0. The minimum atomic E-state index is 0. The largest absolute Gasteiger partial charge is 1.00 e. The van der Waals surface area contributed by atoms with Crippen molar-refractivity contribution in [3.63, 3.8) is 0 Å². The Morgan fingerprint density at radius 1 is 1.71 bits per heavy atom. The summed E-state index contributed by atoms with van der Waals surface area (Å²) in [6, 6.07) is 0. The Bertz CT molecular complexity index is 71.7. The number of hydrogen-bond donors (Lipinski definition) is 2. The zero-order valence-corrected chi connectivity index (χ0v) is 4.46. The van der Waals surface area contributed by atoms with Crippen LogP contribution >= 0.6 is 0 Å². The number of rotatable bonds is 0. The first-order valence-corrected chi connectivity index (χ1v) is 1.91. The smallest absolute Gasteiger partial charge is 1.00 e. The van der Waals surface area contributed by atoms with E-state index < -0.39 is 0 Å². The van der Waals surface area contributed by atoms with E-state index in [-0.39, 0.29) is 19.7 Å². The molecular formula is C3H7ClN2O. The molecule has 0 unspecified atom stereocenters.